The summed E-state index contributed by atoms with van der Waals surface area (Å²) in [6.07, 6.45) is 0.396. The quantitative estimate of drug-likeness (QED) is 0.164. The number of aliphatic hydroxyl groups is 2. The number of unbranched alkanes of at least 4 members (excludes halogenated alkanes) is 1. The molecule has 0 amide bonds. The molecule has 0 bridgehead atoms. The lowest BCUT2D eigenvalue weighted by Gasteiger charge is -2.11. The predicted molar refractivity (Wildman–Crippen MR) is 94.7 cm³/mol. The molecule has 28 heavy (non-hydrogen) atoms. The van der Waals surface area contributed by atoms with Crippen LogP contribution < -0.4 is 0 Å². The monoisotopic (exact) mass is 402 g/mol. The van der Waals surface area contributed by atoms with Crippen LogP contribution in [-0.4, -0.2) is 72.7 Å². The van der Waals surface area contributed by atoms with Crippen molar-refractivity contribution in [2.45, 2.75) is 37.9 Å². The lowest BCUT2D eigenvalue weighted by atomic mass is 10.2. The minimum Gasteiger partial charge on any atom is -0.463 e. The molecule has 0 saturated heterocycles. The Hall–Kier alpha value is -2.72. The van der Waals surface area contributed by atoms with E-state index in [1.165, 1.54) is 0 Å². The van der Waals surface area contributed by atoms with Crippen LogP contribution in [0.2, 0.25) is 0 Å². The van der Waals surface area contributed by atoms with Gasteiger partial charge >= 0.3 is 23.9 Å². The summed E-state index contributed by atoms with van der Waals surface area (Å²) >= 11 is 0. The van der Waals surface area contributed by atoms with E-state index in [0.29, 0.717) is 12.8 Å². The van der Waals surface area contributed by atoms with Crippen molar-refractivity contribution in [3.05, 3.63) is 25.3 Å². The molecule has 158 valence electrons. The first-order valence-electron chi connectivity index (χ1n) is 8.54. The molecule has 0 aliphatic heterocycles. The standard InChI is InChI=1S/C18H26O10/c1-3-15(21)25-9-13(19)11-27-17(23)7-5-6-8-18(24)28-12-14(20)10-26-16(22)4-2/h3-4,13-14,19-20H,1-2,5-12H2. The van der Waals surface area contributed by atoms with Gasteiger partial charge in [0.15, 0.2) is 0 Å². The Kier molecular flexibility index (Phi) is 13.9. The van der Waals surface area contributed by atoms with E-state index in [-0.39, 0.29) is 39.3 Å². The summed E-state index contributed by atoms with van der Waals surface area (Å²) in [5, 5.41) is 18.9. The van der Waals surface area contributed by atoms with Crippen molar-refractivity contribution >= 4 is 23.9 Å². The van der Waals surface area contributed by atoms with E-state index >= 15 is 0 Å². The second kappa shape index (κ2) is 15.3. The smallest absolute Gasteiger partial charge is 0.330 e. The fourth-order valence-electron chi connectivity index (χ4n) is 1.63. The molecule has 2 atom stereocenters. The van der Waals surface area contributed by atoms with E-state index in [1.54, 1.807) is 0 Å². The van der Waals surface area contributed by atoms with E-state index in [4.69, 9.17) is 9.47 Å². The van der Waals surface area contributed by atoms with Crippen LogP contribution in [0, 0.1) is 0 Å². The molecule has 0 heterocycles. The molecule has 0 aliphatic carbocycles. The van der Waals surface area contributed by atoms with E-state index < -0.39 is 36.1 Å². The third-order valence-corrected chi connectivity index (χ3v) is 3.05. The lowest BCUT2D eigenvalue weighted by Crippen LogP contribution is -2.25. The van der Waals surface area contributed by atoms with Gasteiger partial charge in [-0.1, -0.05) is 13.2 Å². The minimum absolute atomic E-state index is 0.0343. The van der Waals surface area contributed by atoms with Crippen LogP contribution in [0.4, 0.5) is 0 Å². The van der Waals surface area contributed by atoms with Crippen molar-refractivity contribution in [3.8, 4) is 0 Å². The molecule has 0 aromatic heterocycles. The van der Waals surface area contributed by atoms with E-state index in [0.717, 1.165) is 12.2 Å². The van der Waals surface area contributed by atoms with Gasteiger partial charge in [0, 0.05) is 25.0 Å². The number of rotatable bonds is 15. The zero-order chi connectivity index (χ0) is 21.4. The largest absolute Gasteiger partial charge is 0.463 e. The molecule has 0 saturated carbocycles. The average Bonchev–Trinajstić information content (AvgIpc) is 2.69. The van der Waals surface area contributed by atoms with Gasteiger partial charge in [0.2, 0.25) is 0 Å². The topological polar surface area (TPSA) is 146 Å². The SMILES string of the molecule is C=CC(=O)OCC(O)COC(=O)CCCCC(=O)OCC(O)COC(=O)C=C. The van der Waals surface area contributed by atoms with Gasteiger partial charge in [0.05, 0.1) is 0 Å². The fraction of sp³-hybridized carbons (Fsp3) is 0.556. The van der Waals surface area contributed by atoms with Crippen LogP contribution in [0.25, 0.3) is 0 Å². The third kappa shape index (κ3) is 14.4. The fourth-order valence-corrected chi connectivity index (χ4v) is 1.63. The highest BCUT2D eigenvalue weighted by Crippen LogP contribution is 2.04. The number of carbonyl (C=O) groups excluding carboxylic acids is 4. The maximum atomic E-state index is 11.5. The normalized spacial score (nSPS) is 12.2. The maximum Gasteiger partial charge on any atom is 0.330 e. The van der Waals surface area contributed by atoms with Gasteiger partial charge in [-0.15, -0.1) is 0 Å². The number of carbonyl (C=O) groups is 4. The van der Waals surface area contributed by atoms with Crippen molar-refractivity contribution < 1.29 is 48.3 Å². The van der Waals surface area contributed by atoms with Crippen molar-refractivity contribution in [1.82, 2.24) is 0 Å². The van der Waals surface area contributed by atoms with Crippen LogP contribution >= 0.6 is 0 Å². The summed E-state index contributed by atoms with van der Waals surface area (Å²) in [6, 6.07) is 0. The van der Waals surface area contributed by atoms with Crippen molar-refractivity contribution in [1.29, 1.82) is 0 Å². The molecule has 0 spiro atoms. The third-order valence-electron chi connectivity index (χ3n) is 3.05. The van der Waals surface area contributed by atoms with Crippen LogP contribution in [0.5, 0.6) is 0 Å². The van der Waals surface area contributed by atoms with Crippen molar-refractivity contribution in [2.24, 2.45) is 0 Å². The van der Waals surface area contributed by atoms with Gasteiger partial charge in [-0.05, 0) is 12.8 Å². The van der Waals surface area contributed by atoms with Crippen molar-refractivity contribution in [2.75, 3.05) is 26.4 Å². The van der Waals surface area contributed by atoms with Crippen molar-refractivity contribution in [3.63, 3.8) is 0 Å². The summed E-state index contributed by atoms with van der Waals surface area (Å²) in [5.74, 6) is -2.52. The molecule has 2 unspecified atom stereocenters. The highest BCUT2D eigenvalue weighted by atomic mass is 16.6. The second-order valence-electron chi connectivity index (χ2n) is 5.55. The Bertz CT molecular complexity index is 494. The summed E-state index contributed by atoms with van der Waals surface area (Å²) in [4.78, 5) is 44.6. The van der Waals surface area contributed by atoms with Crippen LogP contribution in [-0.2, 0) is 38.1 Å². The summed E-state index contributed by atoms with van der Waals surface area (Å²) in [6.45, 7) is 5.12. The molecule has 2 N–H and O–H groups in total. The van der Waals surface area contributed by atoms with Gasteiger partial charge in [-0.3, -0.25) is 9.59 Å². The molecular weight excluding hydrogens is 376 g/mol. The molecule has 0 aliphatic rings. The average molecular weight is 402 g/mol. The predicted octanol–water partition coefficient (Wildman–Crippen LogP) is -0.187. The maximum absolute atomic E-state index is 11.5. The Morgan fingerprint density at radius 3 is 1.32 bits per heavy atom. The molecule has 0 aromatic carbocycles. The molecule has 10 heteroatoms. The zero-order valence-electron chi connectivity index (χ0n) is 15.5. The number of ether oxygens (including phenoxy) is 4. The van der Waals surface area contributed by atoms with Crippen LogP contribution in [0.3, 0.4) is 0 Å². The molecule has 0 fully saturated rings. The second-order valence-corrected chi connectivity index (χ2v) is 5.55. The van der Waals surface area contributed by atoms with Crippen LogP contribution in [0.1, 0.15) is 25.7 Å². The minimum atomic E-state index is -1.14. The molecule has 0 rings (SSSR count). The highest BCUT2D eigenvalue weighted by Gasteiger charge is 2.13. The van der Waals surface area contributed by atoms with E-state index in [2.05, 4.69) is 22.6 Å². The zero-order valence-corrected chi connectivity index (χ0v) is 15.5. The lowest BCUT2D eigenvalue weighted by molar-refractivity contribution is -0.152. The first-order chi connectivity index (χ1) is 13.3. The van der Waals surface area contributed by atoms with Gasteiger partial charge in [-0.25, -0.2) is 9.59 Å². The molecule has 0 aromatic rings. The Balaban J connectivity index is 3.71. The summed E-state index contributed by atoms with van der Waals surface area (Å²) < 4.78 is 18.8. The van der Waals surface area contributed by atoms with Gasteiger partial charge < -0.3 is 29.2 Å². The Labute approximate surface area is 162 Å². The summed E-state index contributed by atoms with van der Waals surface area (Å²) in [5.41, 5.74) is 0. The van der Waals surface area contributed by atoms with E-state index in [1.807, 2.05) is 0 Å². The van der Waals surface area contributed by atoms with Crippen LogP contribution in [0.15, 0.2) is 25.3 Å². The molecular formula is C18H26O10. The number of aliphatic hydroxyl groups excluding tert-OH is 2. The number of hydrogen-bond acceptors (Lipinski definition) is 10. The first-order valence-corrected chi connectivity index (χ1v) is 8.54. The Morgan fingerprint density at radius 1 is 0.679 bits per heavy atom. The molecule has 0 radical (unpaired) electrons. The number of hydrogen-bond donors (Lipinski definition) is 2. The van der Waals surface area contributed by atoms with Gasteiger partial charge in [-0.2, -0.15) is 0 Å². The number of esters is 4. The van der Waals surface area contributed by atoms with E-state index in [9.17, 15) is 29.4 Å². The van der Waals surface area contributed by atoms with Gasteiger partial charge in [0.1, 0.15) is 38.6 Å². The summed E-state index contributed by atoms with van der Waals surface area (Å²) in [7, 11) is 0. The molecule has 10 nitrogen and oxygen atoms in total. The highest BCUT2D eigenvalue weighted by molar-refractivity contribution is 5.81. The Morgan fingerprint density at radius 2 is 1.00 bits per heavy atom. The first kappa shape index (κ1) is 25.3. The van der Waals surface area contributed by atoms with Gasteiger partial charge in [0.25, 0.3) is 0 Å².